The van der Waals surface area contributed by atoms with Crippen molar-refractivity contribution < 1.29 is 9.13 Å². The van der Waals surface area contributed by atoms with Crippen molar-refractivity contribution in [3.63, 3.8) is 0 Å². The normalized spacial score (nSPS) is 27.3. The van der Waals surface area contributed by atoms with E-state index in [1.807, 2.05) is 6.07 Å². The van der Waals surface area contributed by atoms with Crippen LogP contribution in [-0.2, 0) is 17.8 Å². The molecule has 1 saturated heterocycles. The van der Waals surface area contributed by atoms with Crippen molar-refractivity contribution in [2.24, 2.45) is 5.73 Å². The SMILES string of the molecule is NCc1ccc(F)c(CN2CCOC3CCCCC32)c1. The molecule has 110 valence electrons. The molecule has 1 aliphatic heterocycles. The lowest BCUT2D eigenvalue weighted by molar-refractivity contribution is -0.0913. The van der Waals surface area contributed by atoms with Gasteiger partial charge in [0.1, 0.15) is 5.82 Å². The number of hydrogen-bond donors (Lipinski definition) is 1. The second kappa shape index (κ2) is 6.20. The van der Waals surface area contributed by atoms with Gasteiger partial charge in [-0.3, -0.25) is 4.90 Å². The minimum Gasteiger partial charge on any atom is -0.375 e. The molecule has 0 spiro atoms. The van der Waals surface area contributed by atoms with E-state index in [4.69, 9.17) is 10.5 Å². The quantitative estimate of drug-likeness (QED) is 0.923. The predicted molar refractivity (Wildman–Crippen MR) is 76.7 cm³/mol. The van der Waals surface area contributed by atoms with Crippen LogP contribution in [0.15, 0.2) is 18.2 Å². The van der Waals surface area contributed by atoms with Gasteiger partial charge in [0.15, 0.2) is 0 Å². The summed E-state index contributed by atoms with van der Waals surface area (Å²) in [6.45, 7) is 2.79. The van der Waals surface area contributed by atoms with Crippen LogP contribution in [0.4, 0.5) is 4.39 Å². The van der Waals surface area contributed by atoms with Gasteiger partial charge < -0.3 is 10.5 Å². The minimum absolute atomic E-state index is 0.124. The molecule has 0 radical (unpaired) electrons. The van der Waals surface area contributed by atoms with Crippen molar-refractivity contribution in [2.75, 3.05) is 13.2 Å². The van der Waals surface area contributed by atoms with E-state index in [2.05, 4.69) is 4.90 Å². The molecular weight excluding hydrogens is 255 g/mol. The van der Waals surface area contributed by atoms with E-state index in [0.717, 1.165) is 30.7 Å². The molecule has 4 heteroatoms. The van der Waals surface area contributed by atoms with Crippen LogP contribution in [-0.4, -0.2) is 30.2 Å². The van der Waals surface area contributed by atoms with Crippen molar-refractivity contribution in [3.8, 4) is 0 Å². The lowest BCUT2D eigenvalue weighted by Gasteiger charge is -2.44. The zero-order valence-electron chi connectivity index (χ0n) is 11.9. The van der Waals surface area contributed by atoms with Crippen molar-refractivity contribution in [1.82, 2.24) is 4.90 Å². The Morgan fingerprint density at radius 1 is 1.30 bits per heavy atom. The Morgan fingerprint density at radius 2 is 2.15 bits per heavy atom. The molecule has 2 atom stereocenters. The fourth-order valence-electron chi connectivity index (χ4n) is 3.47. The Bertz CT molecular complexity index is 464. The Hall–Kier alpha value is -0.970. The number of benzene rings is 1. The lowest BCUT2D eigenvalue weighted by Crippen LogP contribution is -2.52. The maximum Gasteiger partial charge on any atom is 0.127 e. The zero-order chi connectivity index (χ0) is 13.9. The van der Waals surface area contributed by atoms with Gasteiger partial charge in [-0.2, -0.15) is 0 Å². The van der Waals surface area contributed by atoms with Gasteiger partial charge in [0.2, 0.25) is 0 Å². The fourth-order valence-corrected chi connectivity index (χ4v) is 3.47. The second-order valence-corrected chi connectivity index (χ2v) is 5.86. The summed E-state index contributed by atoms with van der Waals surface area (Å²) < 4.78 is 19.9. The van der Waals surface area contributed by atoms with Crippen molar-refractivity contribution in [1.29, 1.82) is 0 Å². The number of morpholine rings is 1. The molecule has 3 rings (SSSR count). The predicted octanol–water partition coefficient (Wildman–Crippen LogP) is 2.43. The molecule has 1 heterocycles. The highest BCUT2D eigenvalue weighted by Gasteiger charge is 2.34. The summed E-state index contributed by atoms with van der Waals surface area (Å²) in [4.78, 5) is 2.39. The van der Waals surface area contributed by atoms with E-state index < -0.39 is 0 Å². The van der Waals surface area contributed by atoms with Crippen LogP contribution in [0.25, 0.3) is 0 Å². The molecule has 2 N–H and O–H groups in total. The first-order chi connectivity index (χ1) is 9.78. The van der Waals surface area contributed by atoms with E-state index in [-0.39, 0.29) is 5.82 Å². The summed E-state index contributed by atoms with van der Waals surface area (Å²) in [5.41, 5.74) is 7.41. The monoisotopic (exact) mass is 278 g/mol. The smallest absolute Gasteiger partial charge is 0.127 e. The number of hydrogen-bond acceptors (Lipinski definition) is 3. The van der Waals surface area contributed by atoms with Crippen molar-refractivity contribution in [3.05, 3.63) is 35.1 Å². The summed E-state index contributed by atoms with van der Waals surface area (Å²) in [5.74, 6) is -0.124. The molecule has 1 aromatic carbocycles. The first-order valence-corrected chi connectivity index (χ1v) is 7.61. The van der Waals surface area contributed by atoms with Crippen LogP contribution in [0.3, 0.4) is 0 Å². The molecule has 2 unspecified atom stereocenters. The highest BCUT2D eigenvalue weighted by molar-refractivity contribution is 5.25. The molecule has 3 nitrogen and oxygen atoms in total. The van der Waals surface area contributed by atoms with E-state index in [0.29, 0.717) is 25.2 Å². The maximum absolute atomic E-state index is 14.0. The molecule has 1 aromatic rings. The van der Waals surface area contributed by atoms with Gasteiger partial charge in [0.05, 0.1) is 12.7 Å². The van der Waals surface area contributed by atoms with Gasteiger partial charge >= 0.3 is 0 Å². The third-order valence-corrected chi connectivity index (χ3v) is 4.57. The van der Waals surface area contributed by atoms with Crippen LogP contribution >= 0.6 is 0 Å². The molecule has 1 saturated carbocycles. The van der Waals surface area contributed by atoms with Crippen LogP contribution in [0.2, 0.25) is 0 Å². The average molecular weight is 278 g/mol. The van der Waals surface area contributed by atoms with Crippen molar-refractivity contribution in [2.45, 2.75) is 50.9 Å². The van der Waals surface area contributed by atoms with Crippen LogP contribution in [0.5, 0.6) is 0 Å². The Kier molecular flexibility index (Phi) is 4.34. The van der Waals surface area contributed by atoms with E-state index in [1.165, 1.54) is 25.3 Å². The Labute approximate surface area is 119 Å². The molecule has 1 aliphatic carbocycles. The summed E-state index contributed by atoms with van der Waals surface area (Å²) in [6.07, 6.45) is 5.17. The largest absolute Gasteiger partial charge is 0.375 e. The van der Waals surface area contributed by atoms with Crippen LogP contribution < -0.4 is 5.73 Å². The second-order valence-electron chi connectivity index (χ2n) is 5.86. The van der Waals surface area contributed by atoms with Gasteiger partial charge in [-0.05, 0) is 24.5 Å². The Morgan fingerprint density at radius 3 is 3.00 bits per heavy atom. The third kappa shape index (κ3) is 2.87. The number of rotatable bonds is 3. The zero-order valence-corrected chi connectivity index (χ0v) is 11.9. The highest BCUT2D eigenvalue weighted by Crippen LogP contribution is 2.29. The maximum atomic E-state index is 14.0. The number of halogens is 1. The van der Waals surface area contributed by atoms with Crippen LogP contribution in [0, 0.1) is 5.82 Å². The van der Waals surface area contributed by atoms with Gasteiger partial charge in [0.25, 0.3) is 0 Å². The van der Waals surface area contributed by atoms with E-state index in [1.54, 1.807) is 6.07 Å². The first kappa shape index (κ1) is 14.0. The average Bonchev–Trinajstić information content (AvgIpc) is 2.50. The molecule has 2 aliphatic rings. The Balaban J connectivity index is 1.75. The van der Waals surface area contributed by atoms with Gasteiger partial charge in [0, 0.05) is 31.2 Å². The standard InChI is InChI=1S/C16H23FN2O/c17-14-6-5-12(10-18)9-13(14)11-19-7-8-20-16-4-2-1-3-15(16)19/h5-6,9,15-16H,1-4,7-8,10-11,18H2. The topological polar surface area (TPSA) is 38.5 Å². The summed E-state index contributed by atoms with van der Waals surface area (Å²) in [7, 11) is 0. The summed E-state index contributed by atoms with van der Waals surface area (Å²) >= 11 is 0. The minimum atomic E-state index is -0.124. The third-order valence-electron chi connectivity index (χ3n) is 4.57. The molecule has 0 amide bonds. The number of nitrogens with zero attached hydrogens (tertiary/aromatic N) is 1. The first-order valence-electron chi connectivity index (χ1n) is 7.61. The molecule has 20 heavy (non-hydrogen) atoms. The fraction of sp³-hybridized carbons (Fsp3) is 0.625. The van der Waals surface area contributed by atoms with Gasteiger partial charge in [-0.25, -0.2) is 4.39 Å². The summed E-state index contributed by atoms with van der Waals surface area (Å²) in [6, 6.07) is 5.67. The molecule has 0 bridgehead atoms. The number of fused-ring (bicyclic) bond motifs is 1. The molecule has 2 fully saturated rings. The van der Waals surface area contributed by atoms with Gasteiger partial charge in [-0.15, -0.1) is 0 Å². The lowest BCUT2D eigenvalue weighted by atomic mass is 9.90. The number of ether oxygens (including phenoxy) is 1. The van der Waals surface area contributed by atoms with E-state index >= 15 is 0 Å². The van der Waals surface area contributed by atoms with Crippen LogP contribution in [0.1, 0.15) is 36.8 Å². The molecular formula is C16H23FN2O. The number of nitrogens with two attached hydrogens (primary N) is 1. The molecule has 0 aromatic heterocycles. The van der Waals surface area contributed by atoms with Crippen molar-refractivity contribution >= 4 is 0 Å². The highest BCUT2D eigenvalue weighted by atomic mass is 19.1. The van der Waals surface area contributed by atoms with Gasteiger partial charge in [-0.1, -0.05) is 25.0 Å². The summed E-state index contributed by atoms with van der Waals surface area (Å²) in [5, 5.41) is 0. The van der Waals surface area contributed by atoms with E-state index in [9.17, 15) is 4.39 Å².